The molecule has 1 unspecified atom stereocenters. The van der Waals surface area contributed by atoms with E-state index in [1.165, 1.54) is 11.1 Å². The van der Waals surface area contributed by atoms with Gasteiger partial charge in [-0.05, 0) is 31.4 Å². The van der Waals surface area contributed by atoms with Crippen molar-refractivity contribution < 1.29 is 0 Å². The van der Waals surface area contributed by atoms with E-state index in [1.54, 1.807) is 6.20 Å². The Morgan fingerprint density at radius 2 is 2.39 bits per heavy atom. The van der Waals surface area contributed by atoms with Crippen molar-refractivity contribution in [1.82, 2.24) is 9.97 Å². The first kappa shape index (κ1) is 11.4. The van der Waals surface area contributed by atoms with Crippen LogP contribution in [0.1, 0.15) is 37.4 Å². The number of H-pyrrole nitrogens is 1. The van der Waals surface area contributed by atoms with Crippen molar-refractivity contribution in [2.24, 2.45) is 5.73 Å². The number of hydrogen-bond donors (Lipinski definition) is 2. The van der Waals surface area contributed by atoms with Gasteiger partial charge in [0.2, 0.25) is 0 Å². The zero-order valence-corrected chi connectivity index (χ0v) is 10.7. The second-order valence-electron chi connectivity index (χ2n) is 5.33. The molecule has 2 aliphatic carbocycles. The molecule has 1 heterocycles. The van der Waals surface area contributed by atoms with Gasteiger partial charge in [-0.2, -0.15) is 0 Å². The van der Waals surface area contributed by atoms with E-state index in [0.717, 1.165) is 17.7 Å². The molecule has 0 saturated carbocycles. The van der Waals surface area contributed by atoms with Crippen LogP contribution in [0, 0.1) is 0 Å². The third-order valence-corrected chi connectivity index (χ3v) is 4.03. The Kier molecular flexibility index (Phi) is 2.32. The van der Waals surface area contributed by atoms with Gasteiger partial charge < -0.3 is 10.7 Å². The Morgan fingerprint density at radius 1 is 1.61 bits per heavy atom. The van der Waals surface area contributed by atoms with Crippen LogP contribution in [0.4, 0.5) is 0 Å². The van der Waals surface area contributed by atoms with Gasteiger partial charge in [0.15, 0.2) is 0 Å². The zero-order chi connectivity index (χ0) is 12.9. The Balaban J connectivity index is 2.26. The van der Waals surface area contributed by atoms with E-state index in [9.17, 15) is 4.79 Å². The lowest BCUT2D eigenvalue weighted by Crippen LogP contribution is -2.50. The van der Waals surface area contributed by atoms with Crippen molar-refractivity contribution in [3.05, 3.63) is 51.2 Å². The lowest BCUT2D eigenvalue weighted by molar-refractivity contribution is 0.479. The average Bonchev–Trinajstić information content (AvgIpc) is 2.26. The van der Waals surface area contributed by atoms with Gasteiger partial charge in [-0.3, -0.25) is 0 Å². The van der Waals surface area contributed by atoms with Crippen LogP contribution in [0.3, 0.4) is 0 Å². The lowest BCUT2D eigenvalue weighted by Gasteiger charge is -2.44. The minimum atomic E-state index is -0.445. The SMILES string of the molecule is CC=C1C2CC(C)=C[C@]1(N)Cc1[nH]c(=O)ncc12. The maximum absolute atomic E-state index is 11.3. The Labute approximate surface area is 106 Å². The molecule has 0 aliphatic heterocycles. The summed E-state index contributed by atoms with van der Waals surface area (Å²) in [4.78, 5) is 18.0. The van der Waals surface area contributed by atoms with Gasteiger partial charge in [0.1, 0.15) is 0 Å². The second-order valence-corrected chi connectivity index (χ2v) is 5.33. The van der Waals surface area contributed by atoms with Crippen LogP contribution in [-0.2, 0) is 6.42 Å². The fraction of sp³-hybridized carbons (Fsp3) is 0.429. The quantitative estimate of drug-likeness (QED) is 0.677. The molecule has 0 amide bonds. The van der Waals surface area contributed by atoms with Gasteiger partial charge in [0, 0.05) is 24.2 Å². The highest BCUT2D eigenvalue weighted by atomic mass is 16.1. The van der Waals surface area contributed by atoms with E-state index >= 15 is 0 Å². The molecule has 4 nitrogen and oxygen atoms in total. The third-order valence-electron chi connectivity index (χ3n) is 4.03. The molecule has 2 bridgehead atoms. The standard InChI is InChI=1S/C14H17N3O/c1-3-11-9-4-8(2)5-14(11,15)6-12-10(9)7-16-13(18)17-12/h3,5,7,9H,4,6,15H2,1-2H3,(H,16,17,18)/t9?,14-/m0/s1. The monoisotopic (exact) mass is 243 g/mol. The van der Waals surface area contributed by atoms with Gasteiger partial charge in [-0.1, -0.05) is 17.7 Å². The maximum atomic E-state index is 11.3. The van der Waals surface area contributed by atoms with Crippen LogP contribution in [0.15, 0.2) is 34.3 Å². The molecule has 4 heteroatoms. The van der Waals surface area contributed by atoms with Gasteiger partial charge >= 0.3 is 5.69 Å². The third kappa shape index (κ3) is 1.49. The summed E-state index contributed by atoms with van der Waals surface area (Å²) >= 11 is 0. The van der Waals surface area contributed by atoms with Crippen molar-refractivity contribution in [1.29, 1.82) is 0 Å². The Hall–Kier alpha value is -1.68. The fourth-order valence-corrected chi connectivity index (χ4v) is 3.42. The van der Waals surface area contributed by atoms with E-state index in [0.29, 0.717) is 6.42 Å². The number of aromatic amines is 1. The number of nitrogens with zero attached hydrogens (tertiary/aromatic N) is 1. The van der Waals surface area contributed by atoms with Crippen molar-refractivity contribution in [3.63, 3.8) is 0 Å². The second kappa shape index (κ2) is 3.65. The molecule has 3 rings (SSSR count). The molecule has 0 spiro atoms. The van der Waals surface area contributed by atoms with E-state index in [-0.39, 0.29) is 11.6 Å². The van der Waals surface area contributed by atoms with Gasteiger partial charge in [-0.25, -0.2) is 9.78 Å². The first-order chi connectivity index (χ1) is 8.53. The first-order valence-electron chi connectivity index (χ1n) is 6.25. The Bertz CT molecular complexity index is 626. The number of fused-ring (bicyclic) bond motifs is 4. The molecule has 2 atom stereocenters. The number of allylic oxidation sites excluding steroid dienone is 2. The highest BCUT2D eigenvalue weighted by molar-refractivity contribution is 5.50. The van der Waals surface area contributed by atoms with E-state index in [1.807, 2.05) is 6.92 Å². The van der Waals surface area contributed by atoms with Crippen LogP contribution < -0.4 is 11.4 Å². The van der Waals surface area contributed by atoms with Gasteiger partial charge in [0.25, 0.3) is 0 Å². The molecule has 0 aromatic carbocycles. The molecule has 18 heavy (non-hydrogen) atoms. The molecule has 0 fully saturated rings. The lowest BCUT2D eigenvalue weighted by atomic mass is 9.64. The summed E-state index contributed by atoms with van der Waals surface area (Å²) < 4.78 is 0. The minimum absolute atomic E-state index is 0.262. The number of rotatable bonds is 0. The average molecular weight is 243 g/mol. The van der Waals surface area contributed by atoms with Crippen LogP contribution in [0.2, 0.25) is 0 Å². The highest BCUT2D eigenvalue weighted by Gasteiger charge is 2.42. The summed E-state index contributed by atoms with van der Waals surface area (Å²) in [7, 11) is 0. The molecule has 0 radical (unpaired) electrons. The van der Waals surface area contributed by atoms with E-state index in [4.69, 9.17) is 5.73 Å². The largest absolute Gasteiger partial charge is 0.345 e. The maximum Gasteiger partial charge on any atom is 0.345 e. The summed E-state index contributed by atoms with van der Waals surface area (Å²) in [6.45, 7) is 4.15. The van der Waals surface area contributed by atoms with Gasteiger partial charge in [0.05, 0.1) is 5.54 Å². The minimum Gasteiger partial charge on any atom is -0.318 e. The molecule has 1 aromatic rings. The van der Waals surface area contributed by atoms with Crippen molar-refractivity contribution >= 4 is 0 Å². The molecule has 94 valence electrons. The highest BCUT2D eigenvalue weighted by Crippen LogP contribution is 2.46. The fourth-order valence-electron chi connectivity index (χ4n) is 3.42. The van der Waals surface area contributed by atoms with E-state index in [2.05, 4.69) is 29.0 Å². The molecular formula is C14H17N3O. The number of nitrogens with one attached hydrogen (secondary N) is 1. The smallest absolute Gasteiger partial charge is 0.318 e. The summed E-state index contributed by atoms with van der Waals surface area (Å²) in [5, 5.41) is 0. The summed E-state index contributed by atoms with van der Waals surface area (Å²) in [5.41, 5.74) is 10.4. The predicted molar refractivity (Wildman–Crippen MR) is 70.4 cm³/mol. The topological polar surface area (TPSA) is 71.8 Å². The molecule has 3 N–H and O–H groups in total. The van der Waals surface area contributed by atoms with Crippen LogP contribution in [0.25, 0.3) is 0 Å². The normalized spacial score (nSPS) is 32.1. The zero-order valence-electron chi connectivity index (χ0n) is 10.7. The Morgan fingerprint density at radius 3 is 3.11 bits per heavy atom. The van der Waals surface area contributed by atoms with Crippen LogP contribution >= 0.6 is 0 Å². The number of aromatic nitrogens is 2. The molecule has 0 saturated heterocycles. The van der Waals surface area contributed by atoms with Crippen LogP contribution in [-0.4, -0.2) is 15.5 Å². The van der Waals surface area contributed by atoms with Crippen molar-refractivity contribution in [3.8, 4) is 0 Å². The molecular weight excluding hydrogens is 226 g/mol. The molecule has 1 aromatic heterocycles. The summed E-state index contributed by atoms with van der Waals surface area (Å²) in [6, 6.07) is 0. The van der Waals surface area contributed by atoms with E-state index < -0.39 is 5.54 Å². The number of hydrogen-bond acceptors (Lipinski definition) is 3. The predicted octanol–water partition coefficient (Wildman–Crippen LogP) is 1.40. The molecule has 2 aliphatic rings. The van der Waals surface area contributed by atoms with Gasteiger partial charge in [-0.15, -0.1) is 0 Å². The number of nitrogens with two attached hydrogens (primary N) is 1. The first-order valence-corrected chi connectivity index (χ1v) is 6.25. The summed E-state index contributed by atoms with van der Waals surface area (Å²) in [5.74, 6) is 0.262. The van der Waals surface area contributed by atoms with Crippen molar-refractivity contribution in [2.75, 3.05) is 0 Å². The van der Waals surface area contributed by atoms with Crippen molar-refractivity contribution in [2.45, 2.75) is 38.1 Å². The van der Waals surface area contributed by atoms with Crippen LogP contribution in [0.5, 0.6) is 0 Å². The summed E-state index contributed by atoms with van der Waals surface area (Å²) in [6.07, 6.45) is 7.57.